The number of carbonyl (C=O) groups excluding carboxylic acids is 1. The van der Waals surface area contributed by atoms with Gasteiger partial charge in [0.1, 0.15) is 0 Å². The molecule has 70 valence electrons. The van der Waals surface area contributed by atoms with Gasteiger partial charge in [-0.2, -0.15) is 0 Å². The monoisotopic (exact) mass is 172 g/mol. The van der Waals surface area contributed by atoms with E-state index in [0.717, 1.165) is 0 Å². The fourth-order valence-corrected chi connectivity index (χ4v) is 1.43. The minimum atomic E-state index is -0.273. The van der Waals surface area contributed by atoms with Crippen LogP contribution in [0, 0.1) is 5.92 Å². The first kappa shape index (κ1) is 9.48. The summed E-state index contributed by atoms with van der Waals surface area (Å²) in [4.78, 5) is 10.9. The first-order valence-corrected chi connectivity index (χ1v) is 4.24. The molecular weight excluding hydrogens is 156 g/mol. The number of primary amides is 1. The smallest absolute Gasteiger partial charge is 0.224 e. The molecule has 0 aliphatic carbocycles. The van der Waals surface area contributed by atoms with Gasteiger partial charge in [-0.1, -0.05) is 13.8 Å². The van der Waals surface area contributed by atoms with Gasteiger partial charge < -0.3 is 15.8 Å². The fourth-order valence-electron chi connectivity index (χ4n) is 1.43. The summed E-state index contributed by atoms with van der Waals surface area (Å²) in [6, 6.07) is 0.459. The maximum absolute atomic E-state index is 10.9. The summed E-state index contributed by atoms with van der Waals surface area (Å²) in [5.74, 6) is -0.432. The molecule has 12 heavy (non-hydrogen) atoms. The normalized spacial score (nSPS) is 29.6. The van der Waals surface area contributed by atoms with Crippen molar-refractivity contribution in [1.29, 1.82) is 0 Å². The van der Waals surface area contributed by atoms with Gasteiger partial charge in [-0.15, -0.1) is 0 Å². The van der Waals surface area contributed by atoms with Crippen LogP contribution < -0.4 is 11.1 Å². The molecule has 2 atom stereocenters. The quantitative estimate of drug-likeness (QED) is 0.602. The molecule has 1 aliphatic rings. The third kappa shape index (κ3) is 2.19. The van der Waals surface area contributed by atoms with Crippen molar-refractivity contribution in [1.82, 2.24) is 5.32 Å². The number of nitrogens with one attached hydrogen (secondary N) is 1. The lowest BCUT2D eigenvalue weighted by molar-refractivity contribution is -0.122. The highest BCUT2D eigenvalue weighted by atomic mass is 16.5. The number of hydrogen-bond acceptors (Lipinski definition) is 3. The van der Waals surface area contributed by atoms with Gasteiger partial charge in [-0.3, -0.25) is 4.79 Å². The Balaban J connectivity index is 2.46. The summed E-state index contributed by atoms with van der Waals surface area (Å²) in [5, 5.41) is 3.25. The van der Waals surface area contributed by atoms with Crippen molar-refractivity contribution >= 4 is 5.91 Å². The molecule has 0 spiro atoms. The highest BCUT2D eigenvalue weighted by Crippen LogP contribution is 2.13. The molecule has 1 aliphatic heterocycles. The molecule has 1 heterocycles. The largest absolute Gasteiger partial charge is 0.379 e. The van der Waals surface area contributed by atoms with Gasteiger partial charge in [0.05, 0.1) is 19.1 Å². The van der Waals surface area contributed by atoms with Crippen LogP contribution in [0.2, 0.25) is 0 Å². The van der Waals surface area contributed by atoms with E-state index < -0.39 is 0 Å². The number of nitrogens with two attached hydrogens (primary N) is 1. The van der Waals surface area contributed by atoms with Crippen LogP contribution in [0.3, 0.4) is 0 Å². The summed E-state index contributed by atoms with van der Waals surface area (Å²) in [6.07, 6.45) is 0. The zero-order valence-corrected chi connectivity index (χ0v) is 7.54. The first-order valence-electron chi connectivity index (χ1n) is 4.24. The van der Waals surface area contributed by atoms with Crippen molar-refractivity contribution in [2.45, 2.75) is 25.9 Å². The van der Waals surface area contributed by atoms with Crippen LogP contribution >= 0.6 is 0 Å². The van der Waals surface area contributed by atoms with Gasteiger partial charge in [0.2, 0.25) is 5.91 Å². The summed E-state index contributed by atoms with van der Waals surface area (Å²) < 4.78 is 5.17. The van der Waals surface area contributed by atoms with Crippen molar-refractivity contribution in [3.8, 4) is 0 Å². The van der Waals surface area contributed by atoms with E-state index in [2.05, 4.69) is 5.32 Å². The molecular formula is C8H16N2O2. The highest BCUT2D eigenvalue weighted by Gasteiger charge is 2.32. The molecule has 1 fully saturated rings. The summed E-state index contributed by atoms with van der Waals surface area (Å²) in [6.45, 7) is 5.12. The Labute approximate surface area is 72.5 Å². The third-order valence-corrected chi connectivity index (χ3v) is 1.99. The van der Waals surface area contributed by atoms with Crippen molar-refractivity contribution in [3.63, 3.8) is 0 Å². The summed E-state index contributed by atoms with van der Waals surface area (Å²) >= 11 is 0. The highest BCUT2D eigenvalue weighted by molar-refractivity contribution is 5.77. The van der Waals surface area contributed by atoms with Crippen LogP contribution in [0.15, 0.2) is 0 Å². The Morgan fingerprint density at radius 1 is 1.58 bits per heavy atom. The number of rotatable bonds is 3. The van der Waals surface area contributed by atoms with Crippen LogP contribution in [-0.4, -0.2) is 31.2 Å². The predicted octanol–water partition coefficient (Wildman–Crippen LogP) is -0.515. The molecule has 1 saturated heterocycles. The van der Waals surface area contributed by atoms with Crippen LogP contribution in [-0.2, 0) is 9.53 Å². The van der Waals surface area contributed by atoms with E-state index in [4.69, 9.17) is 10.5 Å². The zero-order chi connectivity index (χ0) is 9.14. The number of ether oxygens (including phenoxy) is 1. The van der Waals surface area contributed by atoms with Gasteiger partial charge in [-0.05, 0) is 0 Å². The lowest BCUT2D eigenvalue weighted by atomic mass is 10.0. The SMILES string of the molecule is CC(C)NC1COCC1C(N)=O. The lowest BCUT2D eigenvalue weighted by Crippen LogP contribution is -2.44. The Morgan fingerprint density at radius 3 is 2.75 bits per heavy atom. The second-order valence-electron chi connectivity index (χ2n) is 3.47. The van der Waals surface area contributed by atoms with Crippen molar-refractivity contribution in [3.05, 3.63) is 0 Å². The Hall–Kier alpha value is -0.610. The van der Waals surface area contributed by atoms with E-state index in [0.29, 0.717) is 19.3 Å². The summed E-state index contributed by atoms with van der Waals surface area (Å²) in [7, 11) is 0. The molecule has 0 saturated carbocycles. The molecule has 4 heteroatoms. The van der Waals surface area contributed by atoms with Crippen LogP contribution in [0.5, 0.6) is 0 Å². The summed E-state index contributed by atoms with van der Waals surface area (Å²) in [5.41, 5.74) is 5.20. The fraction of sp³-hybridized carbons (Fsp3) is 0.875. The van der Waals surface area contributed by atoms with E-state index in [1.807, 2.05) is 13.8 Å². The average molecular weight is 172 g/mol. The number of carbonyl (C=O) groups is 1. The maximum atomic E-state index is 10.9. The van der Waals surface area contributed by atoms with Crippen LogP contribution in [0.1, 0.15) is 13.8 Å². The van der Waals surface area contributed by atoms with E-state index >= 15 is 0 Å². The van der Waals surface area contributed by atoms with Crippen LogP contribution in [0.25, 0.3) is 0 Å². The topological polar surface area (TPSA) is 64.3 Å². The maximum Gasteiger partial charge on any atom is 0.224 e. The van der Waals surface area contributed by atoms with E-state index in [-0.39, 0.29) is 17.9 Å². The molecule has 0 aromatic rings. The Morgan fingerprint density at radius 2 is 2.25 bits per heavy atom. The second kappa shape index (κ2) is 3.87. The minimum absolute atomic E-state index is 0.0995. The van der Waals surface area contributed by atoms with Crippen LogP contribution in [0.4, 0.5) is 0 Å². The van der Waals surface area contributed by atoms with Gasteiger partial charge in [0.15, 0.2) is 0 Å². The molecule has 2 unspecified atom stereocenters. The van der Waals surface area contributed by atoms with E-state index in [9.17, 15) is 4.79 Å². The first-order chi connectivity index (χ1) is 5.61. The predicted molar refractivity (Wildman–Crippen MR) is 45.6 cm³/mol. The second-order valence-corrected chi connectivity index (χ2v) is 3.47. The lowest BCUT2D eigenvalue weighted by Gasteiger charge is -2.18. The molecule has 0 aromatic carbocycles. The Bertz CT molecular complexity index is 170. The molecule has 1 rings (SSSR count). The van der Waals surface area contributed by atoms with Crippen molar-refractivity contribution in [2.75, 3.05) is 13.2 Å². The van der Waals surface area contributed by atoms with Gasteiger partial charge in [0.25, 0.3) is 0 Å². The standard InChI is InChI=1S/C8H16N2O2/c1-5(2)10-7-4-12-3-6(7)8(9)11/h5-7,10H,3-4H2,1-2H3,(H2,9,11). The van der Waals surface area contributed by atoms with Crippen molar-refractivity contribution in [2.24, 2.45) is 11.7 Å². The molecule has 0 bridgehead atoms. The zero-order valence-electron chi connectivity index (χ0n) is 7.54. The molecule has 4 nitrogen and oxygen atoms in total. The van der Waals surface area contributed by atoms with Gasteiger partial charge in [-0.25, -0.2) is 0 Å². The van der Waals surface area contributed by atoms with Crippen molar-refractivity contribution < 1.29 is 9.53 Å². The number of amides is 1. The average Bonchev–Trinajstić information content (AvgIpc) is 2.33. The third-order valence-electron chi connectivity index (χ3n) is 1.99. The minimum Gasteiger partial charge on any atom is -0.379 e. The number of hydrogen-bond donors (Lipinski definition) is 2. The Kier molecular flexibility index (Phi) is 3.05. The van der Waals surface area contributed by atoms with Gasteiger partial charge in [0, 0.05) is 12.1 Å². The molecule has 0 radical (unpaired) electrons. The molecule has 3 N–H and O–H groups in total. The molecule has 0 aromatic heterocycles. The van der Waals surface area contributed by atoms with E-state index in [1.54, 1.807) is 0 Å². The van der Waals surface area contributed by atoms with E-state index in [1.165, 1.54) is 0 Å². The van der Waals surface area contributed by atoms with Gasteiger partial charge >= 0.3 is 0 Å². The molecule has 1 amide bonds.